The Kier molecular flexibility index (Phi) is 3.15. The summed E-state index contributed by atoms with van der Waals surface area (Å²) in [4.78, 5) is 0. The van der Waals surface area contributed by atoms with Gasteiger partial charge in [0.05, 0.1) is 6.54 Å². The Balaban J connectivity index is 2.11. The van der Waals surface area contributed by atoms with E-state index in [1.54, 1.807) is 6.20 Å². The molecular formula is C12H15N3. The molecule has 0 atom stereocenters. The summed E-state index contributed by atoms with van der Waals surface area (Å²) in [5.41, 5.74) is 2.59. The van der Waals surface area contributed by atoms with E-state index >= 15 is 0 Å². The first-order chi connectivity index (χ1) is 7.38. The number of nitrogens with zero attached hydrogens (tertiary/aromatic N) is 2. The highest BCUT2D eigenvalue weighted by atomic mass is 15.3. The van der Waals surface area contributed by atoms with Crippen molar-refractivity contribution < 1.29 is 0 Å². The van der Waals surface area contributed by atoms with Gasteiger partial charge in [0.25, 0.3) is 0 Å². The minimum absolute atomic E-state index is 0.838. The van der Waals surface area contributed by atoms with Crippen molar-refractivity contribution in [3.63, 3.8) is 0 Å². The normalized spacial score (nSPS) is 10.5. The molecule has 1 aromatic heterocycles. The van der Waals surface area contributed by atoms with Gasteiger partial charge < -0.3 is 5.32 Å². The minimum atomic E-state index is 0.838. The molecule has 2 aromatic rings. The first-order valence-corrected chi connectivity index (χ1v) is 5.08. The number of rotatable bonds is 4. The van der Waals surface area contributed by atoms with Gasteiger partial charge in [-0.1, -0.05) is 24.3 Å². The Bertz CT molecular complexity index is 407. The van der Waals surface area contributed by atoms with Crippen molar-refractivity contribution in [2.24, 2.45) is 0 Å². The van der Waals surface area contributed by atoms with Gasteiger partial charge in [-0.05, 0) is 24.2 Å². The molecule has 0 aliphatic carbocycles. The van der Waals surface area contributed by atoms with Gasteiger partial charge in [-0.2, -0.15) is 5.10 Å². The highest BCUT2D eigenvalue weighted by molar-refractivity contribution is 5.23. The fourth-order valence-electron chi connectivity index (χ4n) is 1.62. The summed E-state index contributed by atoms with van der Waals surface area (Å²) in [6, 6.07) is 10.5. The van der Waals surface area contributed by atoms with Gasteiger partial charge in [0, 0.05) is 18.9 Å². The van der Waals surface area contributed by atoms with Crippen LogP contribution in [0.15, 0.2) is 42.7 Å². The van der Waals surface area contributed by atoms with E-state index in [4.69, 9.17) is 0 Å². The van der Waals surface area contributed by atoms with E-state index < -0.39 is 0 Å². The molecule has 0 radical (unpaired) electrons. The first-order valence-electron chi connectivity index (χ1n) is 5.08. The zero-order valence-corrected chi connectivity index (χ0v) is 8.85. The highest BCUT2D eigenvalue weighted by Gasteiger charge is 1.96. The molecule has 0 spiro atoms. The lowest BCUT2D eigenvalue weighted by molar-refractivity contribution is 0.685. The van der Waals surface area contributed by atoms with Crippen molar-refractivity contribution in [2.45, 2.75) is 13.1 Å². The molecule has 3 nitrogen and oxygen atoms in total. The molecule has 0 saturated heterocycles. The monoisotopic (exact) mass is 201 g/mol. The quantitative estimate of drug-likeness (QED) is 0.815. The molecule has 0 fully saturated rings. The zero-order valence-electron chi connectivity index (χ0n) is 8.85. The summed E-state index contributed by atoms with van der Waals surface area (Å²) in [5, 5.41) is 7.34. The molecule has 1 heterocycles. The average Bonchev–Trinajstić information content (AvgIpc) is 2.71. The van der Waals surface area contributed by atoms with Crippen LogP contribution < -0.4 is 5.32 Å². The van der Waals surface area contributed by atoms with Gasteiger partial charge >= 0.3 is 0 Å². The maximum Gasteiger partial charge on any atom is 0.0659 e. The fraction of sp³-hybridized carbons (Fsp3) is 0.250. The molecule has 0 aliphatic heterocycles. The molecule has 1 aromatic carbocycles. The average molecular weight is 201 g/mol. The summed E-state index contributed by atoms with van der Waals surface area (Å²) >= 11 is 0. The van der Waals surface area contributed by atoms with Crippen molar-refractivity contribution in [3.05, 3.63) is 53.9 Å². The molecule has 0 amide bonds. The third kappa shape index (κ3) is 2.67. The van der Waals surface area contributed by atoms with Gasteiger partial charge in [-0.3, -0.25) is 4.68 Å². The van der Waals surface area contributed by atoms with E-state index in [-0.39, 0.29) is 0 Å². The van der Waals surface area contributed by atoms with Crippen molar-refractivity contribution in [1.29, 1.82) is 0 Å². The van der Waals surface area contributed by atoms with Crippen LogP contribution in [0.5, 0.6) is 0 Å². The number of hydrogen-bond donors (Lipinski definition) is 1. The van der Waals surface area contributed by atoms with E-state index in [1.165, 1.54) is 11.1 Å². The Labute approximate surface area is 89.7 Å². The summed E-state index contributed by atoms with van der Waals surface area (Å²) < 4.78 is 1.93. The minimum Gasteiger partial charge on any atom is -0.316 e. The molecule has 0 bridgehead atoms. The van der Waals surface area contributed by atoms with E-state index in [1.807, 2.05) is 24.0 Å². The maximum absolute atomic E-state index is 4.19. The Morgan fingerprint density at radius 1 is 1.27 bits per heavy atom. The van der Waals surface area contributed by atoms with Crippen LogP contribution in [0.25, 0.3) is 0 Å². The van der Waals surface area contributed by atoms with Crippen LogP contribution in [-0.4, -0.2) is 16.8 Å². The molecule has 15 heavy (non-hydrogen) atoms. The number of hydrogen-bond acceptors (Lipinski definition) is 2. The summed E-state index contributed by atoms with van der Waals surface area (Å²) in [7, 11) is 1.96. The second-order valence-corrected chi connectivity index (χ2v) is 3.55. The Morgan fingerprint density at radius 2 is 2.13 bits per heavy atom. The van der Waals surface area contributed by atoms with Crippen LogP contribution in [-0.2, 0) is 13.1 Å². The van der Waals surface area contributed by atoms with Crippen LogP contribution >= 0.6 is 0 Å². The zero-order chi connectivity index (χ0) is 10.5. The molecule has 78 valence electrons. The van der Waals surface area contributed by atoms with Crippen molar-refractivity contribution in [3.8, 4) is 0 Å². The highest BCUT2D eigenvalue weighted by Crippen LogP contribution is 2.06. The van der Waals surface area contributed by atoms with Crippen LogP contribution in [0, 0.1) is 0 Å². The Hall–Kier alpha value is -1.61. The predicted molar refractivity (Wildman–Crippen MR) is 60.5 cm³/mol. The lowest BCUT2D eigenvalue weighted by Gasteiger charge is -2.05. The molecular weight excluding hydrogens is 186 g/mol. The molecule has 0 unspecified atom stereocenters. The number of benzene rings is 1. The van der Waals surface area contributed by atoms with E-state index in [0.29, 0.717) is 0 Å². The van der Waals surface area contributed by atoms with Gasteiger partial charge in [0.15, 0.2) is 0 Å². The predicted octanol–water partition coefficient (Wildman–Crippen LogP) is 1.65. The van der Waals surface area contributed by atoms with Crippen LogP contribution in [0.1, 0.15) is 11.1 Å². The lowest BCUT2D eigenvalue weighted by atomic mass is 10.1. The maximum atomic E-state index is 4.19. The van der Waals surface area contributed by atoms with Gasteiger partial charge in [0.2, 0.25) is 0 Å². The first kappa shape index (κ1) is 9.93. The lowest BCUT2D eigenvalue weighted by Crippen LogP contribution is -2.06. The Morgan fingerprint density at radius 3 is 2.87 bits per heavy atom. The second-order valence-electron chi connectivity index (χ2n) is 3.55. The van der Waals surface area contributed by atoms with E-state index in [0.717, 1.165) is 13.1 Å². The van der Waals surface area contributed by atoms with Crippen LogP contribution in [0.4, 0.5) is 0 Å². The van der Waals surface area contributed by atoms with Gasteiger partial charge in [-0.15, -0.1) is 0 Å². The molecule has 3 heteroatoms. The SMILES string of the molecule is CNCc1cccc(Cn2cccn2)c1. The summed E-state index contributed by atoms with van der Waals surface area (Å²) in [6.45, 7) is 1.75. The van der Waals surface area contributed by atoms with Crippen molar-refractivity contribution >= 4 is 0 Å². The van der Waals surface area contributed by atoms with Gasteiger partial charge in [0.1, 0.15) is 0 Å². The third-order valence-electron chi connectivity index (χ3n) is 2.28. The van der Waals surface area contributed by atoms with E-state index in [2.05, 4.69) is 34.7 Å². The largest absolute Gasteiger partial charge is 0.316 e. The number of nitrogens with one attached hydrogen (secondary N) is 1. The molecule has 0 aliphatic rings. The topological polar surface area (TPSA) is 29.9 Å². The molecule has 1 N–H and O–H groups in total. The van der Waals surface area contributed by atoms with E-state index in [9.17, 15) is 0 Å². The third-order valence-corrected chi connectivity index (χ3v) is 2.28. The number of aromatic nitrogens is 2. The summed E-state index contributed by atoms with van der Waals surface area (Å²) in [6.07, 6.45) is 3.78. The van der Waals surface area contributed by atoms with Crippen LogP contribution in [0.3, 0.4) is 0 Å². The molecule has 0 saturated carbocycles. The van der Waals surface area contributed by atoms with Crippen LogP contribution in [0.2, 0.25) is 0 Å². The standard InChI is InChI=1S/C12H15N3/c1-13-9-11-4-2-5-12(8-11)10-15-7-3-6-14-15/h2-8,13H,9-10H2,1H3. The summed E-state index contributed by atoms with van der Waals surface area (Å²) in [5.74, 6) is 0. The van der Waals surface area contributed by atoms with Crippen molar-refractivity contribution in [1.82, 2.24) is 15.1 Å². The van der Waals surface area contributed by atoms with Crippen molar-refractivity contribution in [2.75, 3.05) is 7.05 Å². The smallest absolute Gasteiger partial charge is 0.0659 e. The second kappa shape index (κ2) is 4.75. The molecule has 2 rings (SSSR count). The fourth-order valence-corrected chi connectivity index (χ4v) is 1.62. The van der Waals surface area contributed by atoms with Gasteiger partial charge in [-0.25, -0.2) is 0 Å².